The molecule has 1 aliphatic rings. The third kappa shape index (κ3) is 6.11. The molecule has 6 rings (SSSR count). The number of aromatic nitrogens is 1. The summed E-state index contributed by atoms with van der Waals surface area (Å²) in [6.07, 6.45) is 1.74. The number of nitrogens with one attached hydrogen (secondary N) is 1. The lowest BCUT2D eigenvalue weighted by atomic mass is 9.93. The van der Waals surface area contributed by atoms with Gasteiger partial charge >= 0.3 is 0 Å². The molecule has 2 aromatic heterocycles. The van der Waals surface area contributed by atoms with Gasteiger partial charge in [0.1, 0.15) is 5.76 Å². The Morgan fingerprint density at radius 1 is 1.05 bits per heavy atom. The largest absolute Gasteiger partial charge is 0.449 e. The van der Waals surface area contributed by atoms with Gasteiger partial charge in [-0.25, -0.2) is 4.99 Å². The molecule has 0 unspecified atom stereocenters. The van der Waals surface area contributed by atoms with Crippen LogP contribution >= 0.6 is 39.0 Å². The van der Waals surface area contributed by atoms with Crippen LogP contribution < -0.4 is 20.2 Å². The fourth-order valence-electron chi connectivity index (χ4n) is 4.94. The third-order valence-electron chi connectivity index (χ3n) is 7.12. The lowest BCUT2D eigenvalue weighted by molar-refractivity contribution is -0.113. The van der Waals surface area contributed by atoms with Crippen molar-refractivity contribution < 1.29 is 9.21 Å². The molecular formula is C34H28BrN3O3S2. The van der Waals surface area contributed by atoms with Crippen molar-refractivity contribution in [1.82, 2.24) is 4.57 Å². The number of para-hydroxylation sites is 1. The van der Waals surface area contributed by atoms with E-state index in [0.717, 1.165) is 14.9 Å². The van der Waals surface area contributed by atoms with Gasteiger partial charge in [-0.15, -0.1) is 0 Å². The number of benzene rings is 3. The number of carbonyl (C=O) groups excluding carboxylic acids is 1. The molecule has 1 N–H and O–H groups in total. The second-order valence-electron chi connectivity index (χ2n) is 10.4. The molecule has 1 aliphatic heterocycles. The predicted octanol–water partition coefficient (Wildman–Crippen LogP) is 7.50. The highest BCUT2D eigenvalue weighted by molar-refractivity contribution is 9.10. The molecule has 1 atom stereocenters. The maximum Gasteiger partial charge on any atom is 0.271 e. The molecule has 216 valence electrons. The van der Waals surface area contributed by atoms with Crippen molar-refractivity contribution in [2.75, 3.05) is 5.32 Å². The van der Waals surface area contributed by atoms with Crippen molar-refractivity contribution in [1.29, 1.82) is 0 Å². The lowest BCUT2D eigenvalue weighted by Gasteiger charge is -2.25. The van der Waals surface area contributed by atoms with Crippen LogP contribution in [0.5, 0.6) is 0 Å². The summed E-state index contributed by atoms with van der Waals surface area (Å²) in [5.41, 5.74) is 3.46. The summed E-state index contributed by atoms with van der Waals surface area (Å²) < 4.78 is 9.02. The average molecular weight is 671 g/mol. The minimum Gasteiger partial charge on any atom is -0.449 e. The molecule has 5 aromatic rings. The van der Waals surface area contributed by atoms with Crippen molar-refractivity contribution in [2.24, 2.45) is 4.99 Å². The number of anilines is 1. The first kappa shape index (κ1) is 29.2. The smallest absolute Gasteiger partial charge is 0.271 e. The van der Waals surface area contributed by atoms with Crippen molar-refractivity contribution in [3.8, 4) is 0 Å². The first-order valence-electron chi connectivity index (χ1n) is 13.8. The zero-order chi connectivity index (χ0) is 30.1. The highest BCUT2D eigenvalue weighted by Gasteiger charge is 2.32. The molecule has 43 heavy (non-hydrogen) atoms. The summed E-state index contributed by atoms with van der Waals surface area (Å²) >= 11 is 6.38. The van der Waals surface area contributed by atoms with Gasteiger partial charge in [0.2, 0.25) is 0 Å². The predicted molar refractivity (Wildman–Crippen MR) is 176 cm³/mol. The van der Waals surface area contributed by atoms with Crippen molar-refractivity contribution >= 4 is 56.7 Å². The fraction of sp³-hybridized carbons (Fsp3) is 0.147. The highest BCUT2D eigenvalue weighted by atomic mass is 79.9. The molecule has 9 heteroatoms. The Labute approximate surface area is 265 Å². The number of amides is 1. The van der Waals surface area contributed by atoms with E-state index in [-0.39, 0.29) is 11.5 Å². The Balaban J connectivity index is 1.44. The number of nitrogens with zero attached hydrogens (tertiary/aromatic N) is 2. The Kier molecular flexibility index (Phi) is 8.38. The van der Waals surface area contributed by atoms with E-state index in [1.165, 1.54) is 28.7 Å². The van der Waals surface area contributed by atoms with E-state index in [2.05, 4.69) is 47.2 Å². The first-order chi connectivity index (χ1) is 20.8. The molecule has 0 radical (unpaired) electrons. The summed E-state index contributed by atoms with van der Waals surface area (Å²) in [6, 6.07) is 28.6. The van der Waals surface area contributed by atoms with E-state index in [1.54, 1.807) is 10.6 Å². The third-order valence-corrected chi connectivity index (χ3v) is 9.95. The quantitative estimate of drug-likeness (QED) is 0.195. The number of fused-ring (bicyclic) bond motifs is 1. The van der Waals surface area contributed by atoms with Crippen molar-refractivity contribution in [3.63, 3.8) is 0 Å². The van der Waals surface area contributed by atoms with Gasteiger partial charge in [0.05, 0.1) is 26.3 Å². The Bertz CT molecular complexity index is 2010. The van der Waals surface area contributed by atoms with Crippen LogP contribution in [0, 0.1) is 0 Å². The molecule has 6 nitrogen and oxygen atoms in total. The standard InChI is InChI=1S/C34H28BrN3O3S2/c1-20(2)22-14-16-23(17-15-22)30-29(31(39)37-24-10-6-4-7-11-24)21(3)36-34-38(30)32(40)28(43-34)19-25-18-27(35)33(41-25)42-26-12-8-5-9-13-26/h4-20,30H,1-3H3,(H,37,39)/b28-19+/t30-/m0/s1. The summed E-state index contributed by atoms with van der Waals surface area (Å²) in [4.78, 5) is 34.2. The number of hydrogen-bond acceptors (Lipinski definition) is 6. The van der Waals surface area contributed by atoms with E-state index >= 15 is 0 Å². The Morgan fingerprint density at radius 3 is 2.40 bits per heavy atom. The highest BCUT2D eigenvalue weighted by Crippen LogP contribution is 2.36. The number of furan rings is 1. The topological polar surface area (TPSA) is 76.6 Å². The Morgan fingerprint density at radius 2 is 1.72 bits per heavy atom. The second-order valence-corrected chi connectivity index (χ2v) is 13.3. The van der Waals surface area contributed by atoms with Gasteiger partial charge in [-0.1, -0.05) is 97.6 Å². The van der Waals surface area contributed by atoms with E-state index in [0.29, 0.717) is 43.1 Å². The first-order valence-corrected chi connectivity index (χ1v) is 16.2. The molecular weight excluding hydrogens is 642 g/mol. The molecule has 0 fully saturated rings. The summed E-state index contributed by atoms with van der Waals surface area (Å²) in [7, 11) is 0. The van der Waals surface area contributed by atoms with Crippen LogP contribution in [-0.2, 0) is 4.79 Å². The van der Waals surface area contributed by atoms with Gasteiger partial charge in [-0.2, -0.15) is 0 Å². The molecule has 3 heterocycles. The summed E-state index contributed by atoms with van der Waals surface area (Å²) in [5, 5.41) is 3.70. The van der Waals surface area contributed by atoms with Gasteiger partial charge in [-0.05, 0) is 70.2 Å². The van der Waals surface area contributed by atoms with Crippen LogP contribution in [-0.4, -0.2) is 10.5 Å². The van der Waals surface area contributed by atoms with Gasteiger partial charge in [-0.3, -0.25) is 14.2 Å². The molecule has 0 bridgehead atoms. The number of hydrogen-bond donors (Lipinski definition) is 1. The lowest BCUT2D eigenvalue weighted by Crippen LogP contribution is -2.40. The molecule has 0 spiro atoms. The summed E-state index contributed by atoms with van der Waals surface area (Å²) in [6.45, 7) is 6.10. The van der Waals surface area contributed by atoms with Crippen LogP contribution in [0.25, 0.3) is 6.08 Å². The van der Waals surface area contributed by atoms with E-state index in [1.807, 2.05) is 85.8 Å². The van der Waals surface area contributed by atoms with Crippen LogP contribution in [0.2, 0.25) is 0 Å². The zero-order valence-electron chi connectivity index (χ0n) is 23.7. The molecule has 0 saturated carbocycles. The normalized spacial score (nSPS) is 15.0. The number of rotatable bonds is 7. The number of halogens is 1. The van der Waals surface area contributed by atoms with Gasteiger partial charge in [0.25, 0.3) is 11.5 Å². The minimum absolute atomic E-state index is 0.232. The van der Waals surface area contributed by atoms with Gasteiger partial charge in [0, 0.05) is 16.7 Å². The van der Waals surface area contributed by atoms with Crippen molar-refractivity contribution in [3.05, 3.63) is 143 Å². The van der Waals surface area contributed by atoms with E-state index in [4.69, 9.17) is 9.41 Å². The second kappa shape index (κ2) is 12.4. The van der Waals surface area contributed by atoms with Gasteiger partial charge in [0.15, 0.2) is 9.89 Å². The minimum atomic E-state index is -0.643. The summed E-state index contributed by atoms with van der Waals surface area (Å²) in [5.74, 6) is 0.607. The average Bonchev–Trinajstić information content (AvgIpc) is 3.50. The maximum atomic E-state index is 14.1. The fourth-order valence-corrected chi connectivity index (χ4v) is 7.32. The monoisotopic (exact) mass is 669 g/mol. The number of allylic oxidation sites excluding steroid dienone is 1. The Hall–Kier alpha value is -3.92. The van der Waals surface area contributed by atoms with Crippen molar-refractivity contribution in [2.45, 2.75) is 42.7 Å². The number of carbonyl (C=O) groups is 1. The van der Waals surface area contributed by atoms with Crippen LogP contribution in [0.1, 0.15) is 49.6 Å². The maximum absolute atomic E-state index is 14.1. The molecule has 1 amide bonds. The molecule has 0 aliphatic carbocycles. The van der Waals surface area contributed by atoms with E-state index < -0.39 is 6.04 Å². The van der Waals surface area contributed by atoms with E-state index in [9.17, 15) is 9.59 Å². The number of thiazole rings is 1. The SMILES string of the molecule is CC1=C(C(=O)Nc2ccccc2)[C@H](c2ccc(C(C)C)cc2)n2c(s/c(=C/c3cc(Br)c(Sc4ccccc4)o3)c2=O)=N1. The molecule has 3 aromatic carbocycles. The molecule has 0 saturated heterocycles. The van der Waals surface area contributed by atoms with Gasteiger partial charge < -0.3 is 9.73 Å². The van der Waals surface area contributed by atoms with Crippen LogP contribution in [0.3, 0.4) is 0 Å². The zero-order valence-corrected chi connectivity index (χ0v) is 26.9. The van der Waals surface area contributed by atoms with Crippen LogP contribution in [0.4, 0.5) is 5.69 Å². The van der Waals surface area contributed by atoms with Crippen LogP contribution in [0.15, 0.2) is 131 Å².